The summed E-state index contributed by atoms with van der Waals surface area (Å²) in [5.74, 6) is -1.15. The minimum absolute atomic E-state index is 0.172. The van der Waals surface area contributed by atoms with Crippen molar-refractivity contribution >= 4 is 23.3 Å². The van der Waals surface area contributed by atoms with Gasteiger partial charge >= 0.3 is 5.97 Å². The molecule has 0 aliphatic heterocycles. The SMILES string of the molecule is CCOC(=O)CNC(=O)c1nc(Cc2ccc(Nc3ccccc3)cc2)nc(C)c1O. The molecule has 0 aliphatic rings. The predicted octanol–water partition coefficient (Wildman–Crippen LogP) is 3.12. The number of aromatic nitrogens is 2. The minimum atomic E-state index is -0.667. The molecule has 2 aromatic carbocycles. The lowest BCUT2D eigenvalue weighted by atomic mass is 10.1. The fraction of sp³-hybridized carbons (Fsp3) is 0.217. The lowest BCUT2D eigenvalue weighted by Crippen LogP contribution is -2.31. The topological polar surface area (TPSA) is 113 Å². The standard InChI is InChI=1S/C23H24N4O4/c1-3-31-20(28)14-24-23(30)21-22(29)15(2)25-19(27-21)13-16-9-11-18(12-10-16)26-17-7-5-4-6-8-17/h4-12,26,29H,3,13-14H2,1-2H3,(H,24,30). The lowest BCUT2D eigenvalue weighted by molar-refractivity contribution is -0.141. The Labute approximate surface area is 180 Å². The maximum absolute atomic E-state index is 12.4. The number of hydrogen-bond donors (Lipinski definition) is 3. The van der Waals surface area contributed by atoms with Gasteiger partial charge in [-0.15, -0.1) is 0 Å². The van der Waals surface area contributed by atoms with Gasteiger partial charge in [0.1, 0.15) is 12.4 Å². The van der Waals surface area contributed by atoms with Crippen LogP contribution in [0.1, 0.15) is 34.5 Å². The highest BCUT2D eigenvalue weighted by Gasteiger charge is 2.19. The number of nitrogens with zero attached hydrogens (tertiary/aromatic N) is 2. The van der Waals surface area contributed by atoms with E-state index in [0.717, 1.165) is 16.9 Å². The number of amides is 1. The number of aromatic hydroxyl groups is 1. The molecule has 0 atom stereocenters. The first-order chi connectivity index (χ1) is 15.0. The summed E-state index contributed by atoms with van der Waals surface area (Å²) in [6, 6.07) is 17.6. The fourth-order valence-electron chi connectivity index (χ4n) is 2.89. The van der Waals surface area contributed by atoms with Crippen LogP contribution in [0.15, 0.2) is 54.6 Å². The van der Waals surface area contributed by atoms with E-state index >= 15 is 0 Å². The number of benzene rings is 2. The highest BCUT2D eigenvalue weighted by molar-refractivity contribution is 5.96. The Morgan fingerprint density at radius 1 is 1.00 bits per heavy atom. The van der Waals surface area contributed by atoms with Crippen LogP contribution < -0.4 is 10.6 Å². The number of rotatable bonds is 8. The summed E-state index contributed by atoms with van der Waals surface area (Å²) in [7, 11) is 0. The zero-order valence-corrected chi connectivity index (χ0v) is 17.4. The molecule has 0 radical (unpaired) electrons. The van der Waals surface area contributed by atoms with E-state index in [1.54, 1.807) is 13.8 Å². The quantitative estimate of drug-likeness (QED) is 0.480. The predicted molar refractivity (Wildman–Crippen MR) is 116 cm³/mol. The van der Waals surface area contributed by atoms with Crippen LogP contribution in [-0.4, -0.2) is 40.1 Å². The summed E-state index contributed by atoms with van der Waals surface area (Å²) < 4.78 is 4.78. The van der Waals surface area contributed by atoms with Gasteiger partial charge in [0.2, 0.25) is 0 Å². The van der Waals surface area contributed by atoms with Gasteiger partial charge in [0.25, 0.3) is 5.91 Å². The van der Waals surface area contributed by atoms with E-state index in [1.807, 2.05) is 54.6 Å². The molecule has 0 saturated carbocycles. The highest BCUT2D eigenvalue weighted by Crippen LogP contribution is 2.21. The maximum atomic E-state index is 12.4. The number of carbonyl (C=O) groups is 2. The molecular weight excluding hydrogens is 396 g/mol. The first-order valence-corrected chi connectivity index (χ1v) is 9.87. The summed E-state index contributed by atoms with van der Waals surface area (Å²) >= 11 is 0. The maximum Gasteiger partial charge on any atom is 0.325 e. The molecule has 3 aromatic rings. The molecule has 1 amide bonds. The van der Waals surface area contributed by atoms with Crippen LogP contribution in [-0.2, 0) is 16.0 Å². The van der Waals surface area contributed by atoms with Crippen LogP contribution >= 0.6 is 0 Å². The van der Waals surface area contributed by atoms with Crippen molar-refractivity contribution in [2.45, 2.75) is 20.3 Å². The number of anilines is 2. The van der Waals surface area contributed by atoms with E-state index in [-0.39, 0.29) is 30.3 Å². The third-order valence-corrected chi connectivity index (χ3v) is 4.40. The van der Waals surface area contributed by atoms with Crippen LogP contribution in [0.5, 0.6) is 5.75 Å². The van der Waals surface area contributed by atoms with E-state index in [4.69, 9.17) is 4.74 Å². The molecule has 3 N–H and O–H groups in total. The fourth-order valence-corrected chi connectivity index (χ4v) is 2.89. The van der Waals surface area contributed by atoms with Crippen molar-refractivity contribution in [1.82, 2.24) is 15.3 Å². The second kappa shape index (κ2) is 10.2. The van der Waals surface area contributed by atoms with Crippen molar-refractivity contribution in [3.63, 3.8) is 0 Å². The van der Waals surface area contributed by atoms with Crippen molar-refractivity contribution in [3.05, 3.63) is 77.4 Å². The van der Waals surface area contributed by atoms with Crippen LogP contribution in [0, 0.1) is 6.92 Å². The molecule has 3 rings (SSSR count). The number of aryl methyl sites for hydroxylation is 1. The molecule has 0 bridgehead atoms. The van der Waals surface area contributed by atoms with E-state index < -0.39 is 11.9 Å². The third-order valence-electron chi connectivity index (χ3n) is 4.40. The molecular formula is C23H24N4O4. The van der Waals surface area contributed by atoms with Crippen LogP contribution in [0.3, 0.4) is 0 Å². The van der Waals surface area contributed by atoms with Crippen LogP contribution in [0.4, 0.5) is 11.4 Å². The number of ether oxygens (including phenoxy) is 1. The minimum Gasteiger partial charge on any atom is -0.504 e. The first kappa shape index (κ1) is 21.8. The number of para-hydroxylation sites is 1. The van der Waals surface area contributed by atoms with Crippen molar-refractivity contribution in [1.29, 1.82) is 0 Å². The Kier molecular flexibility index (Phi) is 7.16. The van der Waals surface area contributed by atoms with Gasteiger partial charge in [-0.3, -0.25) is 9.59 Å². The molecule has 0 saturated heterocycles. The number of nitrogens with one attached hydrogen (secondary N) is 2. The van der Waals surface area contributed by atoms with E-state index in [0.29, 0.717) is 12.2 Å². The van der Waals surface area contributed by atoms with Gasteiger partial charge in [0.15, 0.2) is 11.4 Å². The van der Waals surface area contributed by atoms with Gasteiger partial charge in [-0.1, -0.05) is 30.3 Å². The number of hydrogen-bond acceptors (Lipinski definition) is 7. The summed E-state index contributed by atoms with van der Waals surface area (Å²) in [6.45, 7) is 3.18. The van der Waals surface area contributed by atoms with Gasteiger partial charge in [-0.25, -0.2) is 9.97 Å². The normalized spacial score (nSPS) is 10.4. The van der Waals surface area contributed by atoms with E-state index in [1.165, 1.54) is 0 Å². The largest absolute Gasteiger partial charge is 0.504 e. The third kappa shape index (κ3) is 6.02. The van der Waals surface area contributed by atoms with E-state index in [2.05, 4.69) is 20.6 Å². The first-order valence-electron chi connectivity index (χ1n) is 9.87. The van der Waals surface area contributed by atoms with Crippen LogP contribution in [0.2, 0.25) is 0 Å². The van der Waals surface area contributed by atoms with E-state index in [9.17, 15) is 14.7 Å². The number of carbonyl (C=O) groups excluding carboxylic acids is 2. The molecule has 0 aliphatic carbocycles. The van der Waals surface area contributed by atoms with Crippen molar-refractivity contribution in [2.24, 2.45) is 0 Å². The Bertz CT molecular complexity index is 1050. The van der Waals surface area contributed by atoms with Crippen molar-refractivity contribution in [3.8, 4) is 5.75 Å². The smallest absolute Gasteiger partial charge is 0.325 e. The monoisotopic (exact) mass is 420 g/mol. The Morgan fingerprint density at radius 2 is 1.68 bits per heavy atom. The molecule has 1 aromatic heterocycles. The molecule has 8 nitrogen and oxygen atoms in total. The summed E-state index contributed by atoms with van der Waals surface area (Å²) in [4.78, 5) is 32.3. The summed E-state index contributed by atoms with van der Waals surface area (Å²) in [6.07, 6.45) is 0.380. The summed E-state index contributed by atoms with van der Waals surface area (Å²) in [5.41, 5.74) is 2.99. The summed E-state index contributed by atoms with van der Waals surface area (Å²) in [5, 5.41) is 15.9. The molecule has 0 unspecified atom stereocenters. The molecule has 31 heavy (non-hydrogen) atoms. The highest BCUT2D eigenvalue weighted by atomic mass is 16.5. The molecule has 1 heterocycles. The van der Waals surface area contributed by atoms with Crippen LogP contribution in [0.25, 0.3) is 0 Å². The molecule has 8 heteroatoms. The van der Waals surface area contributed by atoms with Crippen molar-refractivity contribution < 1.29 is 19.4 Å². The number of esters is 1. The zero-order chi connectivity index (χ0) is 22.2. The molecule has 160 valence electrons. The molecule has 0 spiro atoms. The Hall–Kier alpha value is -3.94. The molecule has 0 fully saturated rings. The second-order valence-corrected chi connectivity index (χ2v) is 6.77. The average Bonchev–Trinajstić information content (AvgIpc) is 2.77. The van der Waals surface area contributed by atoms with Gasteiger partial charge in [-0.2, -0.15) is 0 Å². The zero-order valence-electron chi connectivity index (χ0n) is 17.4. The second-order valence-electron chi connectivity index (χ2n) is 6.77. The van der Waals surface area contributed by atoms with Gasteiger partial charge in [0, 0.05) is 17.8 Å². The Balaban J connectivity index is 1.70. The Morgan fingerprint density at radius 3 is 2.35 bits per heavy atom. The van der Waals surface area contributed by atoms with Gasteiger partial charge < -0.3 is 20.5 Å². The average molecular weight is 420 g/mol. The van der Waals surface area contributed by atoms with Crippen molar-refractivity contribution in [2.75, 3.05) is 18.5 Å². The van der Waals surface area contributed by atoms with Gasteiger partial charge in [-0.05, 0) is 43.7 Å². The lowest BCUT2D eigenvalue weighted by Gasteiger charge is -2.10. The van der Waals surface area contributed by atoms with Gasteiger partial charge in [0.05, 0.1) is 12.3 Å².